The van der Waals surface area contributed by atoms with E-state index in [0.717, 1.165) is 41.4 Å². The Morgan fingerprint density at radius 1 is 1.21 bits per heavy atom. The first-order chi connectivity index (χ1) is 11.5. The molecule has 134 valence electrons. The van der Waals surface area contributed by atoms with Gasteiger partial charge in [-0.25, -0.2) is 0 Å². The molecule has 0 amide bonds. The van der Waals surface area contributed by atoms with Crippen LogP contribution in [0.4, 0.5) is 11.5 Å². The maximum atomic E-state index is 6.40. The van der Waals surface area contributed by atoms with E-state index in [1.165, 1.54) is 57.6 Å². The number of likely N-dealkylation sites (N-methyl/N-ethyl adjacent to an activating group) is 1. The molecule has 0 bridgehead atoms. The SMILES string of the molecule is C[N+]1(C)CCN(CCNc2nn3c(c2N)CCC2CCCC23)CC1. The smallest absolute Gasteiger partial charge is 0.171 e. The molecule has 0 spiro atoms. The fourth-order valence-corrected chi connectivity index (χ4v) is 4.74. The summed E-state index contributed by atoms with van der Waals surface area (Å²) in [5.74, 6) is 1.75. The van der Waals surface area contributed by atoms with E-state index in [0.29, 0.717) is 6.04 Å². The number of aromatic nitrogens is 2. The van der Waals surface area contributed by atoms with Gasteiger partial charge in [-0.3, -0.25) is 9.58 Å². The molecule has 24 heavy (non-hydrogen) atoms. The highest BCUT2D eigenvalue weighted by Crippen LogP contribution is 2.44. The van der Waals surface area contributed by atoms with Crippen LogP contribution in [-0.4, -0.2) is 72.5 Å². The Morgan fingerprint density at radius 3 is 2.79 bits per heavy atom. The molecule has 2 aliphatic heterocycles. The van der Waals surface area contributed by atoms with Crippen LogP contribution in [-0.2, 0) is 6.42 Å². The Labute approximate surface area is 145 Å². The van der Waals surface area contributed by atoms with Crippen molar-refractivity contribution in [1.82, 2.24) is 14.7 Å². The number of piperazine rings is 1. The van der Waals surface area contributed by atoms with Crippen molar-refractivity contribution in [2.45, 2.75) is 38.1 Å². The molecule has 0 aromatic carbocycles. The molecule has 2 fully saturated rings. The molecule has 6 nitrogen and oxygen atoms in total. The molecule has 3 N–H and O–H groups in total. The predicted molar refractivity (Wildman–Crippen MR) is 98.1 cm³/mol. The molecule has 2 atom stereocenters. The molecule has 1 aliphatic carbocycles. The Morgan fingerprint density at radius 2 is 2.00 bits per heavy atom. The van der Waals surface area contributed by atoms with E-state index in [2.05, 4.69) is 29.0 Å². The highest BCUT2D eigenvalue weighted by molar-refractivity contribution is 5.65. The highest BCUT2D eigenvalue weighted by Gasteiger charge is 2.35. The lowest BCUT2D eigenvalue weighted by Crippen LogP contribution is -2.55. The number of quaternary nitrogens is 1. The summed E-state index contributed by atoms with van der Waals surface area (Å²) in [6.45, 7) is 6.87. The van der Waals surface area contributed by atoms with Crippen molar-refractivity contribution < 1.29 is 4.48 Å². The summed E-state index contributed by atoms with van der Waals surface area (Å²) < 4.78 is 3.41. The van der Waals surface area contributed by atoms with E-state index < -0.39 is 0 Å². The molecule has 1 saturated carbocycles. The normalized spacial score (nSPS) is 29.2. The van der Waals surface area contributed by atoms with Gasteiger partial charge in [0.15, 0.2) is 5.82 Å². The van der Waals surface area contributed by atoms with E-state index >= 15 is 0 Å². The van der Waals surface area contributed by atoms with Crippen molar-refractivity contribution in [3.8, 4) is 0 Å². The van der Waals surface area contributed by atoms with Gasteiger partial charge in [0, 0.05) is 26.2 Å². The summed E-state index contributed by atoms with van der Waals surface area (Å²) in [6.07, 6.45) is 6.39. The predicted octanol–water partition coefficient (Wildman–Crippen LogP) is 1.56. The molecule has 2 unspecified atom stereocenters. The second-order valence-corrected chi connectivity index (χ2v) is 8.60. The molecule has 1 saturated heterocycles. The maximum absolute atomic E-state index is 6.40. The maximum Gasteiger partial charge on any atom is 0.171 e. The Hall–Kier alpha value is -1.27. The lowest BCUT2D eigenvalue weighted by atomic mass is 9.92. The van der Waals surface area contributed by atoms with Crippen LogP contribution in [0.3, 0.4) is 0 Å². The van der Waals surface area contributed by atoms with Gasteiger partial charge in [-0.2, -0.15) is 5.10 Å². The van der Waals surface area contributed by atoms with Crippen LogP contribution in [0.5, 0.6) is 0 Å². The molecule has 0 radical (unpaired) electrons. The largest absolute Gasteiger partial charge is 0.394 e. The fourth-order valence-electron chi connectivity index (χ4n) is 4.74. The fraction of sp³-hybridized carbons (Fsp3) is 0.833. The first-order valence-electron chi connectivity index (χ1n) is 9.68. The Bertz CT molecular complexity index is 583. The van der Waals surface area contributed by atoms with Gasteiger partial charge in [-0.1, -0.05) is 6.42 Å². The lowest BCUT2D eigenvalue weighted by Gasteiger charge is -2.39. The lowest BCUT2D eigenvalue weighted by molar-refractivity contribution is -0.894. The number of anilines is 2. The third-order valence-corrected chi connectivity index (χ3v) is 6.50. The van der Waals surface area contributed by atoms with Crippen LogP contribution in [0, 0.1) is 5.92 Å². The molecule has 4 rings (SSSR count). The number of hydrogen-bond donors (Lipinski definition) is 2. The minimum atomic E-state index is 0.605. The van der Waals surface area contributed by atoms with Crippen LogP contribution in [0.1, 0.15) is 37.4 Å². The Balaban J connectivity index is 1.34. The molecule has 3 heterocycles. The average molecular weight is 334 g/mol. The quantitative estimate of drug-likeness (QED) is 0.821. The van der Waals surface area contributed by atoms with Crippen LogP contribution >= 0.6 is 0 Å². The van der Waals surface area contributed by atoms with Gasteiger partial charge >= 0.3 is 0 Å². The number of fused-ring (bicyclic) bond motifs is 3. The van der Waals surface area contributed by atoms with E-state index in [1.54, 1.807) is 0 Å². The second-order valence-electron chi connectivity index (χ2n) is 8.60. The van der Waals surface area contributed by atoms with Crippen molar-refractivity contribution in [3.63, 3.8) is 0 Å². The van der Waals surface area contributed by atoms with Gasteiger partial charge in [0.25, 0.3) is 0 Å². The van der Waals surface area contributed by atoms with Crippen LogP contribution in [0.15, 0.2) is 0 Å². The summed E-state index contributed by atoms with van der Waals surface area (Å²) in [7, 11) is 4.64. The zero-order valence-corrected chi connectivity index (χ0v) is 15.3. The van der Waals surface area contributed by atoms with Gasteiger partial charge in [0.1, 0.15) is 0 Å². The number of nitrogens with one attached hydrogen (secondary N) is 1. The third kappa shape index (κ3) is 3.02. The summed E-state index contributed by atoms with van der Waals surface area (Å²) in [5.41, 5.74) is 8.58. The van der Waals surface area contributed by atoms with Gasteiger partial charge in [0.2, 0.25) is 0 Å². The number of rotatable bonds is 4. The van der Waals surface area contributed by atoms with E-state index in [1.807, 2.05) is 0 Å². The minimum absolute atomic E-state index is 0.605. The van der Waals surface area contributed by atoms with Crippen molar-refractivity contribution in [2.24, 2.45) is 5.92 Å². The molecule has 1 aromatic heterocycles. The number of nitrogens with two attached hydrogens (primary N) is 1. The van der Waals surface area contributed by atoms with Crippen LogP contribution in [0.25, 0.3) is 0 Å². The minimum Gasteiger partial charge on any atom is -0.394 e. The van der Waals surface area contributed by atoms with E-state index in [9.17, 15) is 0 Å². The van der Waals surface area contributed by atoms with Crippen molar-refractivity contribution >= 4 is 11.5 Å². The van der Waals surface area contributed by atoms with Crippen LogP contribution < -0.4 is 11.1 Å². The number of nitrogens with zero attached hydrogens (tertiary/aromatic N) is 4. The monoisotopic (exact) mass is 333 g/mol. The molecule has 1 aromatic rings. The summed E-state index contributed by atoms with van der Waals surface area (Å²) in [5, 5.41) is 8.37. The zero-order valence-electron chi connectivity index (χ0n) is 15.3. The van der Waals surface area contributed by atoms with Crippen LogP contribution in [0.2, 0.25) is 0 Å². The molecule has 3 aliphatic rings. The average Bonchev–Trinajstić information content (AvgIpc) is 3.14. The number of nitrogen functional groups attached to an aromatic ring is 1. The standard InChI is InChI=1S/C18H33N6/c1-24(2)12-10-22(11-13-24)9-8-20-18-17(19)16-7-6-14-4-3-5-15(14)23(16)21-18/h14-15H,3-13,19H2,1-2H3,(H,20,21)/q+1. The first-order valence-corrected chi connectivity index (χ1v) is 9.68. The van der Waals surface area contributed by atoms with Gasteiger partial charge in [-0.15, -0.1) is 0 Å². The topological polar surface area (TPSA) is 59.1 Å². The second kappa shape index (κ2) is 6.23. The zero-order chi connectivity index (χ0) is 16.7. The van der Waals surface area contributed by atoms with Crippen molar-refractivity contribution in [3.05, 3.63) is 5.69 Å². The summed E-state index contributed by atoms with van der Waals surface area (Å²) >= 11 is 0. The summed E-state index contributed by atoms with van der Waals surface area (Å²) in [6, 6.07) is 0.605. The van der Waals surface area contributed by atoms with E-state index in [4.69, 9.17) is 10.8 Å². The first kappa shape index (κ1) is 16.2. The van der Waals surface area contributed by atoms with E-state index in [-0.39, 0.29) is 0 Å². The van der Waals surface area contributed by atoms with Crippen molar-refractivity contribution in [1.29, 1.82) is 0 Å². The van der Waals surface area contributed by atoms with Gasteiger partial charge in [0.05, 0.1) is 44.6 Å². The third-order valence-electron chi connectivity index (χ3n) is 6.50. The highest BCUT2D eigenvalue weighted by atomic mass is 15.4. The molecule has 6 heteroatoms. The van der Waals surface area contributed by atoms with Crippen molar-refractivity contribution in [2.75, 3.05) is 64.4 Å². The Kier molecular flexibility index (Phi) is 4.21. The summed E-state index contributed by atoms with van der Waals surface area (Å²) in [4.78, 5) is 2.55. The van der Waals surface area contributed by atoms with Gasteiger partial charge < -0.3 is 15.5 Å². The molecular weight excluding hydrogens is 300 g/mol. The van der Waals surface area contributed by atoms with Gasteiger partial charge in [-0.05, 0) is 31.6 Å². The molecular formula is C18H33N6+. The number of hydrogen-bond acceptors (Lipinski definition) is 4.